The zero-order valence-corrected chi connectivity index (χ0v) is 13.3. The van der Waals surface area contributed by atoms with Crippen LogP contribution < -0.4 is 10.1 Å². The van der Waals surface area contributed by atoms with Crippen LogP contribution in [0.2, 0.25) is 15.1 Å². The molecule has 1 N–H and O–H groups in total. The van der Waals surface area contributed by atoms with Crippen molar-refractivity contribution in [3.8, 4) is 5.75 Å². The van der Waals surface area contributed by atoms with Crippen LogP contribution in [-0.4, -0.2) is 12.0 Å². The number of anilines is 1. The Kier molecular flexibility index (Phi) is 5.34. The Balaban J connectivity index is 2.06. The molecule has 0 aliphatic carbocycles. The van der Waals surface area contributed by atoms with Crippen LogP contribution in [0.4, 0.5) is 5.69 Å². The number of halogens is 3. The van der Waals surface area contributed by atoms with Crippen LogP contribution in [-0.2, 0) is 4.79 Å². The van der Waals surface area contributed by atoms with E-state index in [1.165, 1.54) is 0 Å². The quantitative estimate of drug-likeness (QED) is 0.842. The summed E-state index contributed by atoms with van der Waals surface area (Å²) >= 11 is 17.9. The van der Waals surface area contributed by atoms with Gasteiger partial charge >= 0.3 is 0 Å². The van der Waals surface area contributed by atoms with Crippen LogP contribution in [0.15, 0.2) is 42.5 Å². The van der Waals surface area contributed by atoms with Crippen molar-refractivity contribution >= 4 is 46.4 Å². The Morgan fingerprint density at radius 1 is 1.10 bits per heavy atom. The predicted molar refractivity (Wildman–Crippen MR) is 86.6 cm³/mol. The van der Waals surface area contributed by atoms with Gasteiger partial charge in [0.05, 0.1) is 15.7 Å². The third-order valence-corrected chi connectivity index (χ3v) is 3.55. The number of hydrogen-bond donors (Lipinski definition) is 1. The van der Waals surface area contributed by atoms with Crippen molar-refractivity contribution < 1.29 is 9.53 Å². The molecule has 2 rings (SSSR count). The fourth-order valence-electron chi connectivity index (χ4n) is 1.64. The maximum Gasteiger partial charge on any atom is 0.265 e. The predicted octanol–water partition coefficient (Wildman–Crippen LogP) is 5.05. The fraction of sp³-hybridized carbons (Fsp3) is 0.133. The zero-order chi connectivity index (χ0) is 15.4. The molecule has 0 heterocycles. The Bertz CT molecular complexity index is 641. The van der Waals surface area contributed by atoms with E-state index in [0.717, 1.165) is 0 Å². The first-order valence-corrected chi connectivity index (χ1v) is 7.28. The molecule has 21 heavy (non-hydrogen) atoms. The molecule has 0 aromatic heterocycles. The van der Waals surface area contributed by atoms with Crippen molar-refractivity contribution in [3.05, 3.63) is 57.5 Å². The Morgan fingerprint density at radius 3 is 2.33 bits per heavy atom. The van der Waals surface area contributed by atoms with Crippen LogP contribution in [0.25, 0.3) is 0 Å². The van der Waals surface area contributed by atoms with Gasteiger partial charge in [0.25, 0.3) is 5.91 Å². The number of ether oxygens (including phenoxy) is 1. The van der Waals surface area contributed by atoms with Gasteiger partial charge in [-0.2, -0.15) is 0 Å². The molecule has 1 amide bonds. The summed E-state index contributed by atoms with van der Waals surface area (Å²) in [6.45, 7) is 1.63. The molecular weight excluding hydrogens is 333 g/mol. The molecule has 0 saturated carbocycles. The Morgan fingerprint density at radius 2 is 1.71 bits per heavy atom. The van der Waals surface area contributed by atoms with E-state index in [2.05, 4.69) is 5.32 Å². The maximum absolute atomic E-state index is 12.1. The van der Waals surface area contributed by atoms with Crippen molar-refractivity contribution in [3.63, 3.8) is 0 Å². The second kappa shape index (κ2) is 7.03. The van der Waals surface area contributed by atoms with Gasteiger partial charge in [0.2, 0.25) is 0 Å². The first kappa shape index (κ1) is 16.0. The molecule has 0 fully saturated rings. The largest absolute Gasteiger partial charge is 0.481 e. The molecule has 2 aromatic rings. The smallest absolute Gasteiger partial charge is 0.265 e. The minimum absolute atomic E-state index is 0.357. The molecule has 0 saturated heterocycles. The second-order valence-corrected chi connectivity index (χ2v) is 5.55. The lowest BCUT2D eigenvalue weighted by molar-refractivity contribution is -0.122. The average molecular weight is 345 g/mol. The molecule has 3 nitrogen and oxygen atoms in total. The maximum atomic E-state index is 12.1. The van der Waals surface area contributed by atoms with Crippen molar-refractivity contribution in [1.82, 2.24) is 0 Å². The lowest BCUT2D eigenvalue weighted by Crippen LogP contribution is -2.30. The highest BCUT2D eigenvalue weighted by molar-refractivity contribution is 6.39. The number of amides is 1. The number of carbonyl (C=O) groups excluding carboxylic acids is 1. The minimum Gasteiger partial charge on any atom is -0.481 e. The molecule has 1 unspecified atom stereocenters. The molecule has 2 aromatic carbocycles. The van der Waals surface area contributed by atoms with Crippen LogP contribution >= 0.6 is 34.8 Å². The molecule has 1 atom stereocenters. The van der Waals surface area contributed by atoms with E-state index >= 15 is 0 Å². The van der Waals surface area contributed by atoms with Crippen LogP contribution in [0.1, 0.15) is 6.92 Å². The SMILES string of the molecule is CC(Oc1cccc(Cl)c1)C(=O)Nc1c(Cl)cccc1Cl. The van der Waals surface area contributed by atoms with Gasteiger partial charge in [-0.05, 0) is 37.3 Å². The van der Waals surface area contributed by atoms with Crippen molar-refractivity contribution in [2.24, 2.45) is 0 Å². The molecule has 110 valence electrons. The second-order valence-electron chi connectivity index (χ2n) is 4.30. The van der Waals surface area contributed by atoms with E-state index in [1.807, 2.05) is 0 Å². The first-order chi connectivity index (χ1) is 9.97. The standard InChI is InChI=1S/C15H12Cl3NO2/c1-9(21-11-5-2-4-10(16)8-11)15(20)19-14-12(17)6-3-7-13(14)18/h2-9H,1H3,(H,19,20). The monoisotopic (exact) mass is 343 g/mol. The zero-order valence-electron chi connectivity index (χ0n) is 11.1. The Hall–Kier alpha value is -1.42. The topological polar surface area (TPSA) is 38.3 Å². The van der Waals surface area contributed by atoms with Crippen LogP contribution in [0, 0.1) is 0 Å². The lowest BCUT2D eigenvalue weighted by atomic mass is 10.3. The van der Waals surface area contributed by atoms with Gasteiger partial charge in [0.15, 0.2) is 6.10 Å². The molecule has 6 heteroatoms. The molecule has 0 spiro atoms. The lowest BCUT2D eigenvalue weighted by Gasteiger charge is -2.16. The summed E-state index contributed by atoms with van der Waals surface area (Å²) in [6.07, 6.45) is -0.726. The van der Waals surface area contributed by atoms with Gasteiger partial charge in [0.1, 0.15) is 5.75 Å². The first-order valence-electron chi connectivity index (χ1n) is 6.14. The van der Waals surface area contributed by atoms with E-state index in [9.17, 15) is 4.79 Å². The van der Waals surface area contributed by atoms with Crippen molar-refractivity contribution in [2.75, 3.05) is 5.32 Å². The summed E-state index contributed by atoms with van der Waals surface area (Å²) in [4.78, 5) is 12.1. The number of carbonyl (C=O) groups is 1. The summed E-state index contributed by atoms with van der Waals surface area (Å²) in [5, 5.41) is 3.92. The third kappa shape index (κ3) is 4.27. The van der Waals surface area contributed by atoms with E-state index in [1.54, 1.807) is 49.4 Å². The molecule has 0 bridgehead atoms. The highest BCUT2D eigenvalue weighted by Gasteiger charge is 2.17. The minimum atomic E-state index is -0.726. The average Bonchev–Trinajstić information content (AvgIpc) is 2.43. The van der Waals surface area contributed by atoms with Crippen molar-refractivity contribution in [2.45, 2.75) is 13.0 Å². The highest BCUT2D eigenvalue weighted by Crippen LogP contribution is 2.30. The van der Waals surface area contributed by atoms with Gasteiger partial charge in [0, 0.05) is 5.02 Å². The number of rotatable bonds is 4. The summed E-state index contributed by atoms with van der Waals surface area (Å²) in [5.41, 5.74) is 0.368. The van der Waals surface area contributed by atoms with Gasteiger partial charge in [-0.1, -0.05) is 46.9 Å². The fourth-order valence-corrected chi connectivity index (χ4v) is 2.31. The van der Waals surface area contributed by atoms with Crippen LogP contribution in [0.5, 0.6) is 5.75 Å². The van der Waals surface area contributed by atoms with E-state index in [4.69, 9.17) is 39.5 Å². The van der Waals surface area contributed by atoms with E-state index < -0.39 is 6.10 Å². The molecule has 0 aliphatic heterocycles. The normalized spacial score (nSPS) is 11.8. The highest BCUT2D eigenvalue weighted by atomic mass is 35.5. The summed E-state index contributed by atoms with van der Waals surface area (Å²) in [5.74, 6) is 0.153. The van der Waals surface area contributed by atoms with Crippen molar-refractivity contribution in [1.29, 1.82) is 0 Å². The number of hydrogen-bond acceptors (Lipinski definition) is 2. The molecule has 0 aliphatic rings. The number of benzene rings is 2. The Labute approximate surface area is 137 Å². The van der Waals surface area contributed by atoms with Gasteiger partial charge in [-0.15, -0.1) is 0 Å². The number of para-hydroxylation sites is 1. The molecular formula is C15H12Cl3NO2. The van der Waals surface area contributed by atoms with Crippen LogP contribution in [0.3, 0.4) is 0 Å². The van der Waals surface area contributed by atoms with Gasteiger partial charge < -0.3 is 10.1 Å². The molecule has 0 radical (unpaired) electrons. The van der Waals surface area contributed by atoms with Gasteiger partial charge in [-0.25, -0.2) is 0 Å². The summed E-state index contributed by atoms with van der Waals surface area (Å²) in [6, 6.07) is 11.8. The van der Waals surface area contributed by atoms with E-state index in [-0.39, 0.29) is 5.91 Å². The number of nitrogens with one attached hydrogen (secondary N) is 1. The van der Waals surface area contributed by atoms with Gasteiger partial charge in [-0.3, -0.25) is 4.79 Å². The third-order valence-electron chi connectivity index (χ3n) is 2.69. The summed E-state index contributed by atoms with van der Waals surface area (Å²) in [7, 11) is 0. The summed E-state index contributed by atoms with van der Waals surface area (Å²) < 4.78 is 5.53. The van der Waals surface area contributed by atoms with E-state index in [0.29, 0.717) is 26.5 Å².